The monoisotopic (exact) mass is 471 g/mol. The number of amides is 1. The van der Waals surface area contributed by atoms with E-state index in [1.807, 2.05) is 56.3 Å². The highest BCUT2D eigenvalue weighted by molar-refractivity contribution is 7.99. The molecule has 4 rings (SSSR count). The summed E-state index contributed by atoms with van der Waals surface area (Å²) in [5.74, 6) is 0.112. The second-order valence-electron chi connectivity index (χ2n) is 7.32. The Labute approximate surface area is 193 Å². The fourth-order valence-electron chi connectivity index (χ4n) is 3.25. The number of fused-ring (bicyclic) bond motifs is 3. The molecular formula is C23H22ClN3O2S2. The van der Waals surface area contributed by atoms with Crippen LogP contribution < -0.4 is 10.9 Å². The molecule has 0 aliphatic carbocycles. The Morgan fingerprint density at radius 2 is 1.97 bits per heavy atom. The summed E-state index contributed by atoms with van der Waals surface area (Å²) in [5.41, 5.74) is 1.40. The number of thiophene rings is 1. The summed E-state index contributed by atoms with van der Waals surface area (Å²) in [7, 11) is 0. The van der Waals surface area contributed by atoms with Crippen LogP contribution >= 0.6 is 34.7 Å². The van der Waals surface area contributed by atoms with Crippen molar-refractivity contribution in [2.75, 3.05) is 5.75 Å². The zero-order chi connectivity index (χ0) is 22.0. The van der Waals surface area contributed by atoms with E-state index in [4.69, 9.17) is 16.6 Å². The fraction of sp³-hybridized carbons (Fsp3) is 0.261. The highest BCUT2D eigenvalue weighted by atomic mass is 35.5. The Hall–Kier alpha value is -2.35. The number of thioether (sulfide) groups is 1. The molecule has 0 radical (unpaired) electrons. The average molecular weight is 472 g/mol. The number of hydrogen-bond acceptors (Lipinski definition) is 5. The molecule has 8 heteroatoms. The van der Waals surface area contributed by atoms with Crippen LogP contribution in [0.15, 0.2) is 58.5 Å². The van der Waals surface area contributed by atoms with Crippen LogP contribution in [0.5, 0.6) is 0 Å². The summed E-state index contributed by atoms with van der Waals surface area (Å²) in [6.45, 7) is 4.29. The van der Waals surface area contributed by atoms with Gasteiger partial charge in [0.1, 0.15) is 4.70 Å². The molecule has 0 aliphatic heterocycles. The van der Waals surface area contributed by atoms with Gasteiger partial charge >= 0.3 is 0 Å². The lowest BCUT2D eigenvalue weighted by Crippen LogP contribution is -2.33. The van der Waals surface area contributed by atoms with Gasteiger partial charge in [-0.15, -0.1) is 11.3 Å². The van der Waals surface area contributed by atoms with Crippen molar-refractivity contribution in [2.45, 2.75) is 38.0 Å². The quantitative estimate of drug-likeness (QED) is 0.292. The van der Waals surface area contributed by atoms with Gasteiger partial charge in [-0.3, -0.25) is 14.2 Å². The molecule has 5 nitrogen and oxygen atoms in total. The van der Waals surface area contributed by atoms with E-state index in [0.29, 0.717) is 26.9 Å². The lowest BCUT2D eigenvalue weighted by atomic mass is 10.2. The van der Waals surface area contributed by atoms with Gasteiger partial charge in [0.15, 0.2) is 5.16 Å². The van der Waals surface area contributed by atoms with Gasteiger partial charge in [-0.25, -0.2) is 4.98 Å². The highest BCUT2D eigenvalue weighted by Gasteiger charge is 2.18. The van der Waals surface area contributed by atoms with Crippen molar-refractivity contribution in [2.24, 2.45) is 0 Å². The van der Waals surface area contributed by atoms with Gasteiger partial charge in [-0.2, -0.15) is 0 Å². The lowest BCUT2D eigenvalue weighted by Gasteiger charge is -2.14. The standard InChI is InChI=1S/C23H22ClN3O2S2/c1-3-14(2)25-19(28)13-30-23-26-20-16-9-5-7-11-18(16)31-21(20)22(29)27(23)12-15-8-4-6-10-17(15)24/h4-11,14H,3,12-13H2,1-2H3,(H,25,28)/t14-/m0/s1. The number of halogens is 1. The summed E-state index contributed by atoms with van der Waals surface area (Å²) >= 11 is 9.08. The van der Waals surface area contributed by atoms with Crippen molar-refractivity contribution < 1.29 is 4.79 Å². The lowest BCUT2D eigenvalue weighted by molar-refractivity contribution is -0.119. The maximum atomic E-state index is 13.5. The van der Waals surface area contributed by atoms with Gasteiger partial charge in [0, 0.05) is 21.2 Å². The molecule has 0 fully saturated rings. The van der Waals surface area contributed by atoms with Crippen molar-refractivity contribution in [3.63, 3.8) is 0 Å². The predicted octanol–water partition coefficient (Wildman–Crippen LogP) is 5.32. The zero-order valence-electron chi connectivity index (χ0n) is 17.2. The van der Waals surface area contributed by atoms with Crippen molar-refractivity contribution in [1.29, 1.82) is 0 Å². The molecule has 2 heterocycles. The Bertz CT molecular complexity index is 1320. The molecule has 0 spiro atoms. The number of hydrogen-bond donors (Lipinski definition) is 1. The van der Waals surface area contributed by atoms with Crippen molar-refractivity contribution in [3.05, 3.63) is 69.5 Å². The molecule has 0 saturated heterocycles. The van der Waals surface area contributed by atoms with Crippen LogP contribution in [-0.2, 0) is 11.3 Å². The Balaban J connectivity index is 1.78. The molecule has 1 amide bonds. The molecule has 0 saturated carbocycles. The molecule has 2 aromatic carbocycles. The minimum atomic E-state index is -0.115. The number of benzene rings is 2. The molecule has 1 atom stereocenters. The largest absolute Gasteiger partial charge is 0.353 e. The topological polar surface area (TPSA) is 64.0 Å². The predicted molar refractivity (Wildman–Crippen MR) is 131 cm³/mol. The van der Waals surface area contributed by atoms with Gasteiger partial charge in [0.2, 0.25) is 5.91 Å². The normalized spacial score (nSPS) is 12.4. The van der Waals surface area contributed by atoms with Crippen molar-refractivity contribution >= 4 is 60.9 Å². The van der Waals surface area contributed by atoms with Crippen LogP contribution in [0.25, 0.3) is 20.3 Å². The molecular weight excluding hydrogens is 450 g/mol. The van der Waals surface area contributed by atoms with Crippen LogP contribution in [-0.4, -0.2) is 27.3 Å². The number of nitrogens with one attached hydrogen (secondary N) is 1. The van der Waals surface area contributed by atoms with Crippen LogP contribution in [0.2, 0.25) is 5.02 Å². The maximum Gasteiger partial charge on any atom is 0.272 e. The summed E-state index contributed by atoms with van der Waals surface area (Å²) < 4.78 is 3.25. The molecule has 0 bridgehead atoms. The van der Waals surface area contributed by atoms with E-state index in [-0.39, 0.29) is 23.3 Å². The van der Waals surface area contributed by atoms with Crippen molar-refractivity contribution in [3.8, 4) is 0 Å². The third kappa shape index (κ3) is 4.63. The van der Waals surface area contributed by atoms with E-state index in [2.05, 4.69) is 5.32 Å². The second-order valence-corrected chi connectivity index (χ2v) is 9.72. The molecule has 160 valence electrons. The fourth-order valence-corrected chi connectivity index (χ4v) is 5.34. The van der Waals surface area contributed by atoms with E-state index in [1.165, 1.54) is 23.1 Å². The van der Waals surface area contributed by atoms with Gasteiger partial charge in [-0.1, -0.05) is 66.7 Å². The summed E-state index contributed by atoms with van der Waals surface area (Å²) in [6, 6.07) is 15.4. The maximum absolute atomic E-state index is 13.5. The Morgan fingerprint density at radius 3 is 2.74 bits per heavy atom. The van der Waals surface area contributed by atoms with Crippen LogP contribution in [0.1, 0.15) is 25.8 Å². The van der Waals surface area contributed by atoms with E-state index in [9.17, 15) is 9.59 Å². The molecule has 0 unspecified atom stereocenters. The third-order valence-electron chi connectivity index (χ3n) is 5.09. The first-order valence-corrected chi connectivity index (χ1v) is 12.2. The Morgan fingerprint density at radius 1 is 1.23 bits per heavy atom. The third-order valence-corrected chi connectivity index (χ3v) is 7.58. The minimum Gasteiger partial charge on any atom is -0.353 e. The summed E-state index contributed by atoms with van der Waals surface area (Å²) in [4.78, 5) is 30.7. The van der Waals surface area contributed by atoms with Gasteiger partial charge in [-0.05, 0) is 31.0 Å². The number of carbonyl (C=O) groups is 1. The van der Waals surface area contributed by atoms with Gasteiger partial charge < -0.3 is 5.32 Å². The van der Waals surface area contributed by atoms with E-state index < -0.39 is 0 Å². The average Bonchev–Trinajstić information content (AvgIpc) is 3.14. The zero-order valence-corrected chi connectivity index (χ0v) is 19.6. The van der Waals surface area contributed by atoms with Crippen LogP contribution in [0.4, 0.5) is 0 Å². The first-order chi connectivity index (χ1) is 15.0. The number of carbonyl (C=O) groups excluding carboxylic acids is 1. The summed E-state index contributed by atoms with van der Waals surface area (Å²) in [5, 5.41) is 5.02. The van der Waals surface area contributed by atoms with Gasteiger partial charge in [0.05, 0.1) is 17.8 Å². The smallest absolute Gasteiger partial charge is 0.272 e. The SMILES string of the molecule is CC[C@H](C)NC(=O)CSc1nc2c(sc3ccccc32)c(=O)n1Cc1ccccc1Cl. The van der Waals surface area contributed by atoms with E-state index >= 15 is 0 Å². The summed E-state index contributed by atoms with van der Waals surface area (Å²) in [6.07, 6.45) is 0.860. The van der Waals surface area contributed by atoms with E-state index in [0.717, 1.165) is 22.1 Å². The molecule has 2 aromatic heterocycles. The second kappa shape index (κ2) is 9.42. The molecule has 31 heavy (non-hydrogen) atoms. The Kier molecular flexibility index (Phi) is 6.65. The van der Waals surface area contributed by atoms with E-state index in [1.54, 1.807) is 10.6 Å². The van der Waals surface area contributed by atoms with Crippen LogP contribution in [0.3, 0.4) is 0 Å². The van der Waals surface area contributed by atoms with Gasteiger partial charge in [0.25, 0.3) is 5.56 Å². The molecule has 1 N–H and O–H groups in total. The van der Waals surface area contributed by atoms with Crippen LogP contribution in [0, 0.1) is 0 Å². The molecule has 4 aromatic rings. The number of nitrogens with zero attached hydrogens (tertiary/aromatic N) is 2. The first kappa shape index (κ1) is 21.9. The highest BCUT2D eigenvalue weighted by Crippen LogP contribution is 2.32. The number of aromatic nitrogens is 2. The molecule has 0 aliphatic rings. The number of rotatable bonds is 7. The van der Waals surface area contributed by atoms with Crippen molar-refractivity contribution in [1.82, 2.24) is 14.9 Å². The minimum absolute atomic E-state index is 0.0758. The first-order valence-electron chi connectivity index (χ1n) is 10.1.